The van der Waals surface area contributed by atoms with E-state index in [4.69, 9.17) is 5.11 Å². The molecule has 1 rings (SSSR count). The first-order valence-corrected chi connectivity index (χ1v) is 3.80. The average Bonchev–Trinajstić information content (AvgIpc) is 2.31. The van der Waals surface area contributed by atoms with Gasteiger partial charge in [0.2, 0.25) is 0 Å². The number of aryl methyl sites for hydroxylation is 1. The van der Waals surface area contributed by atoms with Crippen LogP contribution in [-0.2, 0) is 11.2 Å². The Balaban J connectivity index is 2.45. The van der Waals surface area contributed by atoms with Crippen molar-refractivity contribution in [2.45, 2.75) is 12.8 Å². The number of carbonyl (C=O) groups is 1. The third-order valence-electron chi connectivity index (χ3n) is 1.20. The van der Waals surface area contributed by atoms with Crippen LogP contribution in [-0.4, -0.2) is 19.7 Å². The molecule has 4 nitrogen and oxygen atoms in total. The lowest BCUT2D eigenvalue weighted by atomic mass is 10.2. The van der Waals surface area contributed by atoms with E-state index in [0.29, 0.717) is 6.42 Å². The molecule has 0 amide bonds. The van der Waals surface area contributed by atoms with E-state index in [2.05, 4.69) is 21.1 Å². The maximum atomic E-state index is 10.1. The van der Waals surface area contributed by atoms with Crippen LogP contribution in [0.3, 0.4) is 0 Å². The summed E-state index contributed by atoms with van der Waals surface area (Å²) in [5.74, 6) is -0.797. The summed E-state index contributed by atoms with van der Waals surface area (Å²) in [5.41, 5.74) is 0.782. The zero-order valence-corrected chi connectivity index (χ0v) is 7.28. The predicted molar refractivity (Wildman–Crippen MR) is 42.5 cm³/mol. The first kappa shape index (κ1) is 8.26. The van der Waals surface area contributed by atoms with E-state index in [9.17, 15) is 4.79 Å². The number of halogens is 1. The van der Waals surface area contributed by atoms with Crippen LogP contribution in [0.2, 0.25) is 0 Å². The number of hydrogen-bond acceptors (Lipinski definition) is 2. The standard InChI is InChI=1S/C6H7BrN2O2/c7-9-3-5(8-4-9)1-2-6(10)11/h3-4H,1-2H2,(H,10,11). The molecule has 0 aromatic carbocycles. The molecule has 11 heavy (non-hydrogen) atoms. The van der Waals surface area contributed by atoms with E-state index in [1.54, 1.807) is 16.1 Å². The minimum atomic E-state index is -0.797. The number of imidazole rings is 1. The highest BCUT2D eigenvalue weighted by molar-refractivity contribution is 9.08. The number of aliphatic carboxylic acids is 1. The Morgan fingerprint density at radius 3 is 3.00 bits per heavy atom. The van der Waals surface area contributed by atoms with Gasteiger partial charge in [-0.3, -0.25) is 8.39 Å². The summed E-state index contributed by atoms with van der Waals surface area (Å²) < 4.78 is 1.62. The second kappa shape index (κ2) is 3.52. The molecule has 0 aliphatic rings. The molecule has 0 spiro atoms. The Morgan fingerprint density at radius 1 is 1.82 bits per heavy atom. The van der Waals surface area contributed by atoms with Crippen molar-refractivity contribution in [2.24, 2.45) is 0 Å². The minimum Gasteiger partial charge on any atom is -0.481 e. The smallest absolute Gasteiger partial charge is 0.303 e. The van der Waals surface area contributed by atoms with Gasteiger partial charge in [0.1, 0.15) is 6.33 Å². The van der Waals surface area contributed by atoms with Gasteiger partial charge in [-0.05, 0) is 0 Å². The zero-order valence-electron chi connectivity index (χ0n) is 5.70. The highest BCUT2D eigenvalue weighted by atomic mass is 79.9. The van der Waals surface area contributed by atoms with Crippen LogP contribution >= 0.6 is 16.1 Å². The molecule has 5 heteroatoms. The Hall–Kier alpha value is -0.840. The van der Waals surface area contributed by atoms with Gasteiger partial charge in [-0.15, -0.1) is 0 Å². The second-order valence-corrected chi connectivity index (χ2v) is 2.92. The van der Waals surface area contributed by atoms with Crippen LogP contribution in [0.1, 0.15) is 12.1 Å². The highest BCUT2D eigenvalue weighted by Gasteiger charge is 2.00. The summed E-state index contributed by atoms with van der Waals surface area (Å²) in [7, 11) is 0. The Labute approximate surface area is 72.2 Å². The van der Waals surface area contributed by atoms with Gasteiger partial charge in [-0.2, -0.15) is 0 Å². The summed E-state index contributed by atoms with van der Waals surface area (Å²) in [4.78, 5) is 14.1. The summed E-state index contributed by atoms with van der Waals surface area (Å²) in [6.07, 6.45) is 3.93. The van der Waals surface area contributed by atoms with Gasteiger partial charge < -0.3 is 5.11 Å². The summed E-state index contributed by atoms with van der Waals surface area (Å²) >= 11 is 3.15. The van der Waals surface area contributed by atoms with Crippen molar-refractivity contribution in [1.29, 1.82) is 0 Å². The van der Waals surface area contributed by atoms with Crippen LogP contribution in [0.5, 0.6) is 0 Å². The van der Waals surface area contributed by atoms with Crippen LogP contribution in [0.4, 0.5) is 0 Å². The lowest BCUT2D eigenvalue weighted by Gasteiger charge is -1.89. The number of carboxylic acids is 1. The van der Waals surface area contributed by atoms with Gasteiger partial charge in [-0.25, -0.2) is 4.98 Å². The first-order valence-electron chi connectivity index (χ1n) is 3.09. The van der Waals surface area contributed by atoms with Gasteiger partial charge in [0.05, 0.1) is 28.3 Å². The lowest BCUT2D eigenvalue weighted by Crippen LogP contribution is -1.97. The maximum absolute atomic E-state index is 10.1. The van der Waals surface area contributed by atoms with Gasteiger partial charge >= 0.3 is 5.97 Å². The van der Waals surface area contributed by atoms with Gasteiger partial charge in [0, 0.05) is 12.6 Å². The normalized spacial score (nSPS) is 9.91. The van der Waals surface area contributed by atoms with E-state index < -0.39 is 5.97 Å². The molecule has 1 N–H and O–H groups in total. The number of rotatable bonds is 3. The molecule has 0 radical (unpaired) electrons. The third kappa shape index (κ3) is 2.71. The van der Waals surface area contributed by atoms with Crippen molar-refractivity contribution in [3.05, 3.63) is 18.2 Å². The quantitative estimate of drug-likeness (QED) is 0.826. The van der Waals surface area contributed by atoms with Crippen molar-refractivity contribution in [1.82, 2.24) is 8.58 Å². The largest absolute Gasteiger partial charge is 0.481 e. The molecule has 1 aromatic rings. The van der Waals surface area contributed by atoms with Crippen LogP contribution < -0.4 is 0 Å². The average molecular weight is 219 g/mol. The van der Waals surface area contributed by atoms with E-state index >= 15 is 0 Å². The Morgan fingerprint density at radius 2 is 2.55 bits per heavy atom. The second-order valence-electron chi connectivity index (χ2n) is 2.10. The zero-order chi connectivity index (χ0) is 8.27. The Kier molecular flexibility index (Phi) is 2.64. The molecular formula is C6H7BrN2O2. The van der Waals surface area contributed by atoms with Gasteiger partial charge in [0.25, 0.3) is 0 Å². The van der Waals surface area contributed by atoms with Crippen LogP contribution in [0.15, 0.2) is 12.5 Å². The molecule has 1 heterocycles. The van der Waals surface area contributed by atoms with Crippen molar-refractivity contribution in [3.8, 4) is 0 Å². The van der Waals surface area contributed by atoms with E-state index in [1.165, 1.54) is 0 Å². The van der Waals surface area contributed by atoms with Gasteiger partial charge in [0.15, 0.2) is 0 Å². The van der Waals surface area contributed by atoms with Crippen LogP contribution in [0, 0.1) is 0 Å². The maximum Gasteiger partial charge on any atom is 0.303 e. The fourth-order valence-corrected chi connectivity index (χ4v) is 1.03. The fourth-order valence-electron chi connectivity index (χ4n) is 0.702. The van der Waals surface area contributed by atoms with E-state index in [-0.39, 0.29) is 6.42 Å². The van der Waals surface area contributed by atoms with Gasteiger partial charge in [-0.1, -0.05) is 0 Å². The molecule has 0 saturated heterocycles. The van der Waals surface area contributed by atoms with Crippen molar-refractivity contribution >= 4 is 22.1 Å². The summed E-state index contributed by atoms with van der Waals surface area (Å²) in [6, 6.07) is 0. The van der Waals surface area contributed by atoms with Crippen molar-refractivity contribution in [2.75, 3.05) is 0 Å². The molecule has 0 aliphatic heterocycles. The van der Waals surface area contributed by atoms with Crippen molar-refractivity contribution < 1.29 is 9.90 Å². The molecule has 0 unspecified atom stereocenters. The molecule has 0 saturated carbocycles. The highest BCUT2D eigenvalue weighted by Crippen LogP contribution is 2.01. The molecule has 0 atom stereocenters. The predicted octanol–water partition coefficient (Wildman–Crippen LogP) is 1.06. The SMILES string of the molecule is O=C(O)CCc1cn(Br)cn1. The molecule has 0 aliphatic carbocycles. The summed E-state index contributed by atoms with van der Waals surface area (Å²) in [6.45, 7) is 0. The van der Waals surface area contributed by atoms with Crippen molar-refractivity contribution in [3.63, 3.8) is 0 Å². The van der Waals surface area contributed by atoms with Crippen LogP contribution in [0.25, 0.3) is 0 Å². The molecule has 60 valence electrons. The first-order chi connectivity index (χ1) is 5.18. The lowest BCUT2D eigenvalue weighted by molar-refractivity contribution is -0.136. The summed E-state index contributed by atoms with van der Waals surface area (Å²) in [5, 5.41) is 8.34. The number of nitrogens with zero attached hydrogens (tertiary/aromatic N) is 2. The third-order valence-corrected chi connectivity index (χ3v) is 1.59. The number of hydrogen-bond donors (Lipinski definition) is 1. The number of aromatic nitrogens is 2. The molecular weight excluding hydrogens is 212 g/mol. The fraction of sp³-hybridized carbons (Fsp3) is 0.333. The monoisotopic (exact) mass is 218 g/mol. The number of carboxylic acid groups (broad SMARTS) is 1. The van der Waals surface area contributed by atoms with E-state index in [0.717, 1.165) is 5.69 Å². The molecule has 1 aromatic heterocycles. The Bertz CT molecular complexity index is 259. The molecule has 0 bridgehead atoms. The molecule has 0 fully saturated rings. The minimum absolute atomic E-state index is 0.129. The topological polar surface area (TPSA) is 55.1 Å². The van der Waals surface area contributed by atoms with E-state index in [1.807, 2.05) is 0 Å².